The molecule has 1 N–H and O–H groups in total. The van der Waals surface area contributed by atoms with Gasteiger partial charge in [-0.25, -0.2) is 4.79 Å². The fourth-order valence-corrected chi connectivity index (χ4v) is 3.65. The van der Waals surface area contributed by atoms with E-state index < -0.39 is 17.5 Å². The highest BCUT2D eigenvalue weighted by molar-refractivity contribution is 5.79. The van der Waals surface area contributed by atoms with Crippen LogP contribution in [0.3, 0.4) is 0 Å². The number of likely N-dealkylation sites (tertiary alicyclic amines) is 1. The van der Waals surface area contributed by atoms with Crippen molar-refractivity contribution in [2.45, 2.75) is 38.3 Å². The highest BCUT2D eigenvalue weighted by atomic mass is 16.6. The molecule has 1 saturated carbocycles. The SMILES string of the molecule is O=C(OCc1ccccc1)N1CCC2(C(=O)O)CCCC12. The molecule has 0 radical (unpaired) electrons. The lowest BCUT2D eigenvalue weighted by molar-refractivity contribution is -0.149. The van der Waals surface area contributed by atoms with E-state index in [0.717, 1.165) is 18.4 Å². The van der Waals surface area contributed by atoms with E-state index in [1.165, 1.54) is 0 Å². The molecule has 2 unspecified atom stereocenters. The number of hydrogen-bond donors (Lipinski definition) is 1. The minimum Gasteiger partial charge on any atom is -0.481 e. The van der Waals surface area contributed by atoms with E-state index in [1.807, 2.05) is 30.3 Å². The van der Waals surface area contributed by atoms with Crippen LogP contribution in [0, 0.1) is 5.41 Å². The van der Waals surface area contributed by atoms with Crippen LogP contribution in [-0.4, -0.2) is 34.7 Å². The van der Waals surface area contributed by atoms with Crippen LogP contribution in [0.4, 0.5) is 4.79 Å². The molecule has 0 spiro atoms. The zero-order chi connectivity index (χ0) is 14.9. The van der Waals surface area contributed by atoms with Gasteiger partial charge in [0.2, 0.25) is 0 Å². The number of hydrogen-bond acceptors (Lipinski definition) is 3. The third kappa shape index (κ3) is 2.37. The summed E-state index contributed by atoms with van der Waals surface area (Å²) in [4.78, 5) is 25.4. The average molecular weight is 289 g/mol. The quantitative estimate of drug-likeness (QED) is 0.929. The van der Waals surface area contributed by atoms with Crippen molar-refractivity contribution in [3.8, 4) is 0 Å². The first-order valence-corrected chi connectivity index (χ1v) is 7.34. The molecule has 1 amide bonds. The third-order valence-electron chi connectivity index (χ3n) is 4.78. The van der Waals surface area contributed by atoms with Gasteiger partial charge in [0.1, 0.15) is 6.61 Å². The first-order chi connectivity index (χ1) is 10.1. The minimum absolute atomic E-state index is 0.210. The number of ether oxygens (including phenoxy) is 1. The van der Waals surface area contributed by atoms with E-state index in [9.17, 15) is 14.7 Å². The Hall–Kier alpha value is -2.04. The molecule has 21 heavy (non-hydrogen) atoms. The fourth-order valence-electron chi connectivity index (χ4n) is 3.65. The van der Waals surface area contributed by atoms with Crippen molar-refractivity contribution >= 4 is 12.1 Å². The largest absolute Gasteiger partial charge is 0.481 e. The summed E-state index contributed by atoms with van der Waals surface area (Å²) < 4.78 is 5.34. The van der Waals surface area contributed by atoms with Gasteiger partial charge in [-0.2, -0.15) is 0 Å². The Kier molecular flexibility index (Phi) is 3.57. The Morgan fingerprint density at radius 3 is 2.76 bits per heavy atom. The second kappa shape index (κ2) is 5.39. The van der Waals surface area contributed by atoms with E-state index in [2.05, 4.69) is 0 Å². The van der Waals surface area contributed by atoms with Gasteiger partial charge in [-0.05, 0) is 24.8 Å². The van der Waals surface area contributed by atoms with Gasteiger partial charge in [0, 0.05) is 6.54 Å². The molecule has 5 heteroatoms. The van der Waals surface area contributed by atoms with Gasteiger partial charge in [0.15, 0.2) is 0 Å². The van der Waals surface area contributed by atoms with Crippen LogP contribution < -0.4 is 0 Å². The van der Waals surface area contributed by atoms with Gasteiger partial charge in [0.05, 0.1) is 11.5 Å². The van der Waals surface area contributed by atoms with Crippen LogP contribution in [0.2, 0.25) is 0 Å². The number of benzene rings is 1. The molecular formula is C16H19NO4. The van der Waals surface area contributed by atoms with Gasteiger partial charge in [-0.15, -0.1) is 0 Å². The molecule has 1 aliphatic heterocycles. The number of carboxylic acids is 1. The molecule has 3 rings (SSSR count). The maximum atomic E-state index is 12.2. The monoisotopic (exact) mass is 289 g/mol. The normalized spacial score (nSPS) is 27.4. The van der Waals surface area contributed by atoms with Crippen molar-refractivity contribution in [2.75, 3.05) is 6.54 Å². The van der Waals surface area contributed by atoms with E-state index >= 15 is 0 Å². The van der Waals surface area contributed by atoms with Gasteiger partial charge in [0.25, 0.3) is 0 Å². The summed E-state index contributed by atoms with van der Waals surface area (Å²) in [7, 11) is 0. The summed E-state index contributed by atoms with van der Waals surface area (Å²) in [6.07, 6.45) is 2.42. The summed E-state index contributed by atoms with van der Waals surface area (Å²) in [5.41, 5.74) is 0.187. The molecule has 1 aromatic rings. The molecule has 0 aromatic heterocycles. The van der Waals surface area contributed by atoms with Crippen molar-refractivity contribution in [1.29, 1.82) is 0 Å². The Morgan fingerprint density at radius 1 is 1.29 bits per heavy atom. The summed E-state index contributed by atoms with van der Waals surface area (Å²) in [5.74, 6) is -0.775. The maximum absolute atomic E-state index is 12.2. The standard InChI is InChI=1S/C16H19NO4/c18-14(19)16-8-4-7-13(16)17(10-9-16)15(20)21-11-12-5-2-1-3-6-12/h1-3,5-6,13H,4,7-11H2,(H,18,19). The molecular weight excluding hydrogens is 270 g/mol. The summed E-state index contributed by atoms with van der Waals surface area (Å²) in [6, 6.07) is 9.28. The van der Waals surface area contributed by atoms with Crippen LogP contribution in [0.15, 0.2) is 30.3 Å². The number of rotatable bonds is 3. The summed E-state index contributed by atoms with van der Waals surface area (Å²) in [6.45, 7) is 0.702. The fraction of sp³-hybridized carbons (Fsp3) is 0.500. The van der Waals surface area contributed by atoms with Crippen molar-refractivity contribution in [1.82, 2.24) is 4.90 Å². The van der Waals surface area contributed by atoms with Crippen LogP contribution in [0.25, 0.3) is 0 Å². The van der Waals surface area contributed by atoms with Crippen LogP contribution in [0.1, 0.15) is 31.2 Å². The average Bonchev–Trinajstić information content (AvgIpc) is 3.05. The number of carbonyl (C=O) groups excluding carboxylic acids is 1. The summed E-state index contributed by atoms with van der Waals surface area (Å²) >= 11 is 0. The van der Waals surface area contributed by atoms with Gasteiger partial charge in [-0.1, -0.05) is 36.8 Å². The lowest BCUT2D eigenvalue weighted by atomic mass is 9.82. The van der Waals surface area contributed by atoms with Crippen molar-refractivity contribution in [3.63, 3.8) is 0 Å². The second-order valence-corrected chi connectivity index (χ2v) is 5.85. The molecule has 2 aliphatic rings. The maximum Gasteiger partial charge on any atom is 0.410 e. The Bertz CT molecular complexity index is 544. The Balaban J connectivity index is 1.65. The zero-order valence-corrected chi connectivity index (χ0v) is 11.8. The predicted octanol–water partition coefficient (Wildman–Crippen LogP) is 2.65. The van der Waals surface area contributed by atoms with E-state index in [-0.39, 0.29) is 12.6 Å². The van der Waals surface area contributed by atoms with Gasteiger partial charge >= 0.3 is 12.1 Å². The van der Waals surface area contributed by atoms with Gasteiger partial charge in [-0.3, -0.25) is 4.79 Å². The number of carboxylic acid groups (broad SMARTS) is 1. The molecule has 2 atom stereocenters. The molecule has 1 aromatic carbocycles. The molecule has 1 heterocycles. The first kappa shape index (κ1) is 13.9. The van der Waals surface area contributed by atoms with Crippen molar-refractivity contribution in [3.05, 3.63) is 35.9 Å². The second-order valence-electron chi connectivity index (χ2n) is 5.85. The van der Waals surface area contributed by atoms with Crippen LogP contribution in [-0.2, 0) is 16.1 Å². The Labute approximate surface area is 123 Å². The van der Waals surface area contributed by atoms with Crippen molar-refractivity contribution < 1.29 is 19.4 Å². The smallest absolute Gasteiger partial charge is 0.410 e. The number of fused-ring (bicyclic) bond motifs is 1. The first-order valence-electron chi connectivity index (χ1n) is 7.34. The molecule has 1 saturated heterocycles. The van der Waals surface area contributed by atoms with E-state index in [4.69, 9.17) is 4.74 Å². The topological polar surface area (TPSA) is 66.8 Å². The van der Waals surface area contributed by atoms with Gasteiger partial charge < -0.3 is 14.7 Å². The minimum atomic E-state index is -0.775. The molecule has 112 valence electrons. The van der Waals surface area contributed by atoms with E-state index in [1.54, 1.807) is 4.90 Å². The summed E-state index contributed by atoms with van der Waals surface area (Å²) in [5, 5.41) is 9.50. The van der Waals surface area contributed by atoms with E-state index in [0.29, 0.717) is 19.4 Å². The zero-order valence-electron chi connectivity index (χ0n) is 11.8. The number of carbonyl (C=O) groups is 2. The Morgan fingerprint density at radius 2 is 2.05 bits per heavy atom. The highest BCUT2D eigenvalue weighted by Gasteiger charge is 2.57. The number of aliphatic carboxylic acids is 1. The molecule has 2 fully saturated rings. The van der Waals surface area contributed by atoms with Crippen LogP contribution in [0.5, 0.6) is 0 Å². The lowest BCUT2D eigenvalue weighted by Crippen LogP contribution is -2.43. The lowest BCUT2D eigenvalue weighted by Gasteiger charge is -2.28. The van der Waals surface area contributed by atoms with Crippen molar-refractivity contribution in [2.24, 2.45) is 5.41 Å². The number of amides is 1. The predicted molar refractivity (Wildman–Crippen MR) is 75.7 cm³/mol. The molecule has 1 aliphatic carbocycles. The highest BCUT2D eigenvalue weighted by Crippen LogP contribution is 2.49. The molecule has 5 nitrogen and oxygen atoms in total. The third-order valence-corrected chi connectivity index (χ3v) is 4.78. The van der Waals surface area contributed by atoms with Crippen LogP contribution >= 0.6 is 0 Å². The number of nitrogens with zero attached hydrogens (tertiary/aromatic N) is 1. The molecule has 0 bridgehead atoms.